The van der Waals surface area contributed by atoms with Crippen molar-refractivity contribution in [2.24, 2.45) is 22.5 Å². The molecule has 4 heteroatoms. The first-order chi connectivity index (χ1) is 13.5. The molecular weight excluding hydrogens is 368 g/mol. The summed E-state index contributed by atoms with van der Waals surface area (Å²) in [6.07, 6.45) is 10.7. The highest BCUT2D eigenvalue weighted by atomic mass is 35.5. The minimum absolute atomic E-state index is 0.127. The van der Waals surface area contributed by atoms with E-state index in [1.807, 2.05) is 0 Å². The second kappa shape index (κ2) is 6.74. The van der Waals surface area contributed by atoms with Crippen LogP contribution in [0.3, 0.4) is 0 Å². The van der Waals surface area contributed by atoms with E-state index in [2.05, 4.69) is 35.6 Å². The number of carbonyl (C=O) groups excluding carboxylic acids is 1. The van der Waals surface area contributed by atoms with Crippen LogP contribution in [0.1, 0.15) is 69.8 Å². The van der Waals surface area contributed by atoms with Gasteiger partial charge >= 0.3 is 0 Å². The number of carbonyl (C=O) groups is 1. The van der Waals surface area contributed by atoms with Crippen molar-refractivity contribution in [1.82, 2.24) is 5.32 Å². The zero-order valence-electron chi connectivity index (χ0n) is 16.8. The molecule has 3 nitrogen and oxygen atoms in total. The van der Waals surface area contributed by atoms with Crippen LogP contribution >= 0.6 is 11.6 Å². The SMILES string of the molecule is N[C@H]1CC[C@H](NC(=O)[C@@]23CC4CC(CCl)(C2)C[C@@](c2ccccc2)(C4)C3)CC1. The van der Waals surface area contributed by atoms with Crippen molar-refractivity contribution in [3.8, 4) is 0 Å². The molecule has 5 aliphatic carbocycles. The van der Waals surface area contributed by atoms with Crippen molar-refractivity contribution in [2.75, 3.05) is 5.88 Å². The van der Waals surface area contributed by atoms with E-state index in [9.17, 15) is 4.79 Å². The van der Waals surface area contributed by atoms with Gasteiger partial charge in [0, 0.05) is 18.0 Å². The maximum Gasteiger partial charge on any atom is 0.226 e. The Hall–Kier alpha value is -1.06. The van der Waals surface area contributed by atoms with Crippen molar-refractivity contribution in [3.63, 3.8) is 0 Å². The predicted octanol–water partition coefficient (Wildman–Crippen LogP) is 4.52. The van der Waals surface area contributed by atoms with Crippen LogP contribution < -0.4 is 11.1 Å². The Bertz CT molecular complexity index is 746. The predicted molar refractivity (Wildman–Crippen MR) is 113 cm³/mol. The van der Waals surface area contributed by atoms with E-state index in [0.717, 1.165) is 51.4 Å². The zero-order chi connectivity index (χ0) is 19.4. The number of nitrogens with two attached hydrogens (primary N) is 1. The fourth-order valence-electron chi connectivity index (χ4n) is 7.76. The Morgan fingerprint density at radius 3 is 2.50 bits per heavy atom. The van der Waals surface area contributed by atoms with Crippen LogP contribution in [0, 0.1) is 16.7 Å². The second-order valence-electron chi connectivity index (χ2n) is 10.7. The fraction of sp³-hybridized carbons (Fsp3) is 0.708. The molecule has 0 aromatic heterocycles. The molecule has 4 atom stereocenters. The summed E-state index contributed by atoms with van der Waals surface area (Å²) in [5.41, 5.74) is 7.51. The van der Waals surface area contributed by atoms with Gasteiger partial charge in [-0.1, -0.05) is 30.3 Å². The molecule has 0 radical (unpaired) electrons. The number of alkyl halides is 1. The average Bonchev–Trinajstić information content (AvgIpc) is 2.69. The number of benzene rings is 1. The maximum atomic E-state index is 13.7. The van der Waals surface area contributed by atoms with Gasteiger partial charge in [-0.25, -0.2) is 0 Å². The molecule has 0 saturated heterocycles. The van der Waals surface area contributed by atoms with Gasteiger partial charge in [0.1, 0.15) is 0 Å². The lowest BCUT2D eigenvalue weighted by molar-refractivity contribution is -0.160. The molecule has 152 valence electrons. The molecule has 28 heavy (non-hydrogen) atoms. The van der Waals surface area contributed by atoms with Crippen LogP contribution in [0.4, 0.5) is 0 Å². The second-order valence-corrected chi connectivity index (χ2v) is 10.9. The van der Waals surface area contributed by atoms with E-state index in [1.54, 1.807) is 0 Å². The van der Waals surface area contributed by atoms with Gasteiger partial charge in [-0.15, -0.1) is 11.6 Å². The van der Waals surface area contributed by atoms with Crippen LogP contribution in [0.2, 0.25) is 0 Å². The lowest BCUT2D eigenvalue weighted by atomic mass is 9.38. The molecule has 5 aliphatic rings. The third kappa shape index (κ3) is 3.01. The van der Waals surface area contributed by atoms with Crippen LogP contribution in [0.5, 0.6) is 0 Å². The molecule has 1 aromatic rings. The smallest absolute Gasteiger partial charge is 0.226 e. The molecule has 0 aliphatic heterocycles. The molecule has 4 bridgehead atoms. The van der Waals surface area contributed by atoms with E-state index < -0.39 is 0 Å². The van der Waals surface area contributed by atoms with Crippen molar-refractivity contribution in [2.45, 2.75) is 81.7 Å². The number of hydrogen-bond acceptors (Lipinski definition) is 2. The van der Waals surface area contributed by atoms with Crippen LogP contribution in [-0.2, 0) is 10.2 Å². The summed E-state index contributed by atoms with van der Waals surface area (Å²) in [5.74, 6) is 1.62. The van der Waals surface area contributed by atoms with E-state index >= 15 is 0 Å². The van der Waals surface area contributed by atoms with Gasteiger partial charge in [-0.05, 0) is 86.5 Å². The van der Waals surface area contributed by atoms with E-state index in [1.165, 1.54) is 18.4 Å². The number of amides is 1. The summed E-state index contributed by atoms with van der Waals surface area (Å²) in [6, 6.07) is 11.6. The average molecular weight is 401 g/mol. The number of halogens is 1. The number of nitrogens with one attached hydrogen (secondary N) is 1. The summed E-state index contributed by atoms with van der Waals surface area (Å²) in [5, 5.41) is 3.47. The summed E-state index contributed by atoms with van der Waals surface area (Å²) in [4.78, 5) is 13.7. The maximum absolute atomic E-state index is 13.7. The van der Waals surface area contributed by atoms with Gasteiger partial charge in [-0.2, -0.15) is 0 Å². The van der Waals surface area contributed by atoms with Crippen molar-refractivity contribution in [1.29, 1.82) is 0 Å². The molecule has 2 unspecified atom stereocenters. The quantitative estimate of drug-likeness (QED) is 0.730. The van der Waals surface area contributed by atoms with E-state index in [-0.39, 0.29) is 16.2 Å². The zero-order valence-corrected chi connectivity index (χ0v) is 17.5. The molecule has 5 fully saturated rings. The summed E-state index contributed by atoms with van der Waals surface area (Å²) < 4.78 is 0. The molecule has 3 N–H and O–H groups in total. The Balaban J connectivity index is 1.45. The topological polar surface area (TPSA) is 55.1 Å². The van der Waals surface area contributed by atoms with Gasteiger partial charge < -0.3 is 11.1 Å². The van der Waals surface area contributed by atoms with Crippen LogP contribution in [0.25, 0.3) is 0 Å². The highest BCUT2D eigenvalue weighted by Gasteiger charge is 2.65. The van der Waals surface area contributed by atoms with E-state index in [4.69, 9.17) is 17.3 Å². The molecule has 1 aromatic carbocycles. The monoisotopic (exact) mass is 400 g/mol. The Kier molecular flexibility index (Phi) is 4.56. The number of rotatable bonds is 4. The highest BCUT2D eigenvalue weighted by Crippen LogP contribution is 2.70. The van der Waals surface area contributed by atoms with Crippen molar-refractivity contribution in [3.05, 3.63) is 35.9 Å². The van der Waals surface area contributed by atoms with Crippen LogP contribution in [-0.4, -0.2) is 23.9 Å². The Morgan fingerprint density at radius 2 is 1.79 bits per heavy atom. The lowest BCUT2D eigenvalue weighted by Gasteiger charge is -2.66. The van der Waals surface area contributed by atoms with Gasteiger partial charge in [0.15, 0.2) is 0 Å². The minimum atomic E-state index is -0.232. The fourth-order valence-corrected chi connectivity index (χ4v) is 8.05. The Morgan fingerprint density at radius 1 is 1.04 bits per heavy atom. The van der Waals surface area contributed by atoms with Crippen LogP contribution in [0.15, 0.2) is 30.3 Å². The standard InChI is InChI=1S/C24H33ClN2O/c25-16-22-10-17-11-23(13-22,18-4-2-1-3-5-18)15-24(12-17,14-22)21(28)27-20-8-6-19(26)7-9-20/h1-5,17,19-20H,6-16,26H2,(H,27,28)/t17?,19-,20-,22?,23-,24-/m0/s1. The largest absolute Gasteiger partial charge is 0.353 e. The summed E-state index contributed by atoms with van der Waals surface area (Å²) in [6.45, 7) is 0. The van der Waals surface area contributed by atoms with Gasteiger partial charge in [0.05, 0.1) is 5.41 Å². The van der Waals surface area contributed by atoms with Gasteiger partial charge in [-0.3, -0.25) is 4.79 Å². The first kappa shape index (κ1) is 18.9. The van der Waals surface area contributed by atoms with Crippen molar-refractivity contribution < 1.29 is 4.79 Å². The molecular formula is C24H33ClN2O. The first-order valence-electron chi connectivity index (χ1n) is 11.1. The molecule has 0 spiro atoms. The van der Waals surface area contributed by atoms with Crippen molar-refractivity contribution >= 4 is 17.5 Å². The minimum Gasteiger partial charge on any atom is -0.353 e. The summed E-state index contributed by atoms with van der Waals surface area (Å²) in [7, 11) is 0. The van der Waals surface area contributed by atoms with Gasteiger partial charge in [0.2, 0.25) is 5.91 Å². The number of hydrogen-bond donors (Lipinski definition) is 2. The highest BCUT2D eigenvalue weighted by molar-refractivity contribution is 6.18. The van der Waals surface area contributed by atoms with E-state index in [0.29, 0.717) is 29.8 Å². The lowest BCUT2D eigenvalue weighted by Crippen LogP contribution is -2.64. The third-order valence-corrected chi connectivity index (χ3v) is 9.01. The molecule has 5 saturated carbocycles. The third-order valence-electron chi connectivity index (χ3n) is 8.44. The molecule has 1 amide bonds. The Labute approximate surface area is 173 Å². The normalized spacial score (nSPS) is 44.4. The first-order valence-corrected chi connectivity index (χ1v) is 11.7. The van der Waals surface area contributed by atoms with Gasteiger partial charge in [0.25, 0.3) is 0 Å². The molecule has 0 heterocycles. The summed E-state index contributed by atoms with van der Waals surface area (Å²) >= 11 is 6.60. The molecule has 6 rings (SSSR count).